The fourth-order valence-electron chi connectivity index (χ4n) is 2.54. The van der Waals surface area contributed by atoms with Crippen LogP contribution in [0.2, 0.25) is 0 Å². The van der Waals surface area contributed by atoms with Gasteiger partial charge in [0.2, 0.25) is 0 Å². The Morgan fingerprint density at radius 1 is 1.06 bits per heavy atom. The van der Waals surface area contributed by atoms with Gasteiger partial charge in [-0.05, 0) is 25.7 Å². The van der Waals surface area contributed by atoms with Crippen LogP contribution in [0.1, 0.15) is 36.6 Å². The number of aliphatic hydroxyl groups is 1. The van der Waals surface area contributed by atoms with Crippen LogP contribution in [0.5, 0.6) is 0 Å². The molecule has 18 heavy (non-hydrogen) atoms. The van der Waals surface area contributed by atoms with E-state index in [4.69, 9.17) is 4.98 Å². The Balaban J connectivity index is 1.78. The summed E-state index contributed by atoms with van der Waals surface area (Å²) in [4.78, 5) is 4.77. The van der Waals surface area contributed by atoms with Crippen molar-refractivity contribution in [2.24, 2.45) is 0 Å². The van der Waals surface area contributed by atoms with E-state index in [9.17, 15) is 5.11 Å². The van der Waals surface area contributed by atoms with E-state index in [2.05, 4.69) is 17.5 Å². The van der Waals surface area contributed by atoms with Crippen LogP contribution in [0.25, 0.3) is 11.3 Å². The molecule has 1 saturated carbocycles. The lowest BCUT2D eigenvalue weighted by Gasteiger charge is -2.23. The summed E-state index contributed by atoms with van der Waals surface area (Å²) in [7, 11) is 0. The van der Waals surface area contributed by atoms with Gasteiger partial charge in [-0.15, -0.1) is 11.3 Å². The molecule has 0 saturated heterocycles. The molecule has 0 atom stereocenters. The molecule has 0 unspecified atom stereocenters. The molecule has 0 amide bonds. The van der Waals surface area contributed by atoms with Crippen LogP contribution < -0.4 is 0 Å². The first-order chi connectivity index (χ1) is 8.83. The molecular formula is C15H17NOS. The predicted molar refractivity (Wildman–Crippen MR) is 74.8 cm³/mol. The van der Waals surface area contributed by atoms with Gasteiger partial charge in [-0.3, -0.25) is 0 Å². The second-order valence-electron chi connectivity index (χ2n) is 4.94. The average molecular weight is 259 g/mol. The van der Waals surface area contributed by atoms with Gasteiger partial charge in [-0.2, -0.15) is 0 Å². The van der Waals surface area contributed by atoms with Gasteiger partial charge in [0.15, 0.2) is 0 Å². The van der Waals surface area contributed by atoms with Crippen molar-refractivity contribution in [2.45, 2.75) is 37.7 Å². The highest BCUT2D eigenvalue weighted by Crippen LogP contribution is 2.35. The van der Waals surface area contributed by atoms with Gasteiger partial charge in [0.1, 0.15) is 0 Å². The summed E-state index contributed by atoms with van der Waals surface area (Å²) in [6.45, 7) is 0. The molecule has 1 aromatic carbocycles. The molecule has 1 fully saturated rings. The fourth-order valence-corrected chi connectivity index (χ4v) is 3.54. The molecule has 0 radical (unpaired) electrons. The Bertz CT molecular complexity index is 500. The highest BCUT2D eigenvalue weighted by atomic mass is 32.1. The van der Waals surface area contributed by atoms with E-state index < -0.39 is 0 Å². The molecule has 2 aromatic rings. The minimum Gasteiger partial charge on any atom is -0.393 e. The maximum atomic E-state index is 9.54. The number of rotatable bonds is 2. The molecule has 0 aliphatic heterocycles. The number of aromatic nitrogens is 1. The molecule has 1 aliphatic carbocycles. The van der Waals surface area contributed by atoms with Crippen molar-refractivity contribution in [1.29, 1.82) is 0 Å². The van der Waals surface area contributed by atoms with Crippen LogP contribution in [-0.2, 0) is 0 Å². The average Bonchev–Trinajstić information content (AvgIpc) is 2.90. The molecule has 3 heteroatoms. The van der Waals surface area contributed by atoms with Crippen LogP contribution in [0.3, 0.4) is 0 Å². The first-order valence-corrected chi connectivity index (χ1v) is 7.40. The minimum atomic E-state index is -0.0881. The number of hydrogen-bond acceptors (Lipinski definition) is 3. The smallest absolute Gasteiger partial charge is 0.0963 e. The minimum absolute atomic E-state index is 0.0881. The van der Waals surface area contributed by atoms with Crippen LogP contribution in [0.15, 0.2) is 35.7 Å². The van der Waals surface area contributed by atoms with Crippen molar-refractivity contribution in [3.05, 3.63) is 40.7 Å². The standard InChI is InChI=1S/C15H17NOS/c17-13-8-6-12(7-9-13)15-16-14(10-18-15)11-4-2-1-3-5-11/h1-5,10,12-13,17H,6-9H2. The third kappa shape index (κ3) is 2.47. The summed E-state index contributed by atoms with van der Waals surface area (Å²) in [5.41, 5.74) is 2.28. The monoisotopic (exact) mass is 259 g/mol. The van der Waals surface area contributed by atoms with Crippen molar-refractivity contribution < 1.29 is 5.11 Å². The number of nitrogens with zero attached hydrogens (tertiary/aromatic N) is 1. The largest absolute Gasteiger partial charge is 0.393 e. The van der Waals surface area contributed by atoms with Crippen LogP contribution >= 0.6 is 11.3 Å². The van der Waals surface area contributed by atoms with Crippen molar-refractivity contribution in [3.63, 3.8) is 0 Å². The molecule has 2 nitrogen and oxygen atoms in total. The summed E-state index contributed by atoms with van der Waals surface area (Å²) in [6.07, 6.45) is 3.90. The lowest BCUT2D eigenvalue weighted by Crippen LogP contribution is -2.16. The molecule has 94 valence electrons. The third-order valence-electron chi connectivity index (χ3n) is 3.64. The summed E-state index contributed by atoms with van der Waals surface area (Å²) < 4.78 is 0. The SMILES string of the molecule is OC1CCC(c2nc(-c3ccccc3)cs2)CC1. The Morgan fingerprint density at radius 2 is 1.78 bits per heavy atom. The topological polar surface area (TPSA) is 33.1 Å². The van der Waals surface area contributed by atoms with Gasteiger partial charge < -0.3 is 5.11 Å². The van der Waals surface area contributed by atoms with Crippen LogP contribution in [-0.4, -0.2) is 16.2 Å². The predicted octanol–water partition coefficient (Wildman–Crippen LogP) is 3.83. The quantitative estimate of drug-likeness (QED) is 0.889. The first-order valence-electron chi connectivity index (χ1n) is 6.52. The molecule has 0 bridgehead atoms. The molecule has 0 spiro atoms. The highest BCUT2D eigenvalue weighted by molar-refractivity contribution is 7.10. The van der Waals surface area contributed by atoms with Gasteiger partial charge >= 0.3 is 0 Å². The highest BCUT2D eigenvalue weighted by Gasteiger charge is 2.23. The molecular weight excluding hydrogens is 242 g/mol. The maximum absolute atomic E-state index is 9.54. The van der Waals surface area contributed by atoms with Crippen LogP contribution in [0.4, 0.5) is 0 Å². The Hall–Kier alpha value is -1.19. The van der Waals surface area contributed by atoms with Crippen molar-refractivity contribution >= 4 is 11.3 Å². The normalized spacial score (nSPS) is 24.1. The summed E-state index contributed by atoms with van der Waals surface area (Å²) in [5, 5.41) is 12.9. The van der Waals surface area contributed by atoms with E-state index in [1.165, 1.54) is 10.6 Å². The van der Waals surface area contributed by atoms with Crippen LogP contribution in [0, 0.1) is 0 Å². The van der Waals surface area contributed by atoms with E-state index in [1.54, 1.807) is 11.3 Å². The van der Waals surface area contributed by atoms with Gasteiger partial charge in [-0.1, -0.05) is 30.3 Å². The van der Waals surface area contributed by atoms with E-state index in [1.807, 2.05) is 18.2 Å². The number of hydrogen-bond donors (Lipinski definition) is 1. The van der Waals surface area contributed by atoms with Gasteiger partial charge in [0, 0.05) is 16.9 Å². The zero-order valence-corrected chi connectivity index (χ0v) is 11.1. The second kappa shape index (κ2) is 5.21. The zero-order valence-electron chi connectivity index (χ0n) is 10.2. The van der Waals surface area contributed by atoms with E-state index in [-0.39, 0.29) is 6.10 Å². The van der Waals surface area contributed by atoms with E-state index in [0.717, 1.165) is 31.4 Å². The van der Waals surface area contributed by atoms with E-state index in [0.29, 0.717) is 5.92 Å². The van der Waals surface area contributed by atoms with E-state index >= 15 is 0 Å². The van der Waals surface area contributed by atoms with Crippen molar-refractivity contribution in [1.82, 2.24) is 4.98 Å². The summed E-state index contributed by atoms with van der Waals surface area (Å²) >= 11 is 1.76. The molecule has 1 heterocycles. The third-order valence-corrected chi connectivity index (χ3v) is 4.64. The zero-order chi connectivity index (χ0) is 12.4. The van der Waals surface area contributed by atoms with Crippen molar-refractivity contribution in [2.75, 3.05) is 0 Å². The first kappa shape index (κ1) is 11.9. The Morgan fingerprint density at radius 3 is 2.50 bits per heavy atom. The van der Waals surface area contributed by atoms with Gasteiger partial charge in [0.05, 0.1) is 16.8 Å². The maximum Gasteiger partial charge on any atom is 0.0963 e. The lowest BCUT2D eigenvalue weighted by atomic mass is 9.88. The second-order valence-corrected chi connectivity index (χ2v) is 5.83. The van der Waals surface area contributed by atoms with Gasteiger partial charge in [-0.25, -0.2) is 4.98 Å². The Kier molecular flexibility index (Phi) is 3.43. The molecule has 1 N–H and O–H groups in total. The number of thiazole rings is 1. The summed E-state index contributed by atoms with van der Waals surface area (Å²) in [5.74, 6) is 0.552. The lowest BCUT2D eigenvalue weighted by molar-refractivity contribution is 0.122. The fraction of sp³-hybridized carbons (Fsp3) is 0.400. The summed E-state index contributed by atoms with van der Waals surface area (Å²) in [6, 6.07) is 10.3. The number of benzene rings is 1. The number of aliphatic hydroxyl groups excluding tert-OH is 1. The molecule has 3 rings (SSSR count). The molecule has 1 aromatic heterocycles. The van der Waals surface area contributed by atoms with Crippen molar-refractivity contribution in [3.8, 4) is 11.3 Å². The van der Waals surface area contributed by atoms with Gasteiger partial charge in [0.25, 0.3) is 0 Å². The Labute approximate surface area is 111 Å². The molecule has 1 aliphatic rings.